The molecule has 0 fully saturated rings. The molecule has 0 heterocycles. The summed E-state index contributed by atoms with van der Waals surface area (Å²) in [5, 5.41) is 8.71. The highest BCUT2D eigenvalue weighted by molar-refractivity contribution is 5.14. The Balaban J connectivity index is 2.56. The van der Waals surface area contributed by atoms with E-state index in [1.807, 2.05) is 0 Å². The first kappa shape index (κ1) is 11.5. The van der Waals surface area contributed by atoms with E-state index in [4.69, 9.17) is 5.11 Å². The second-order valence-corrected chi connectivity index (χ2v) is 4.89. The Hall–Kier alpha value is -0.560. The van der Waals surface area contributed by atoms with Crippen molar-refractivity contribution in [3.8, 4) is 0 Å². The molecule has 0 aromatic heterocycles. The second-order valence-electron chi connectivity index (χ2n) is 4.89. The maximum absolute atomic E-state index is 8.71. The SMILES string of the molecule is CC1=C[C@H](C(C)(C)/C=C\CCO)CC1. The highest BCUT2D eigenvalue weighted by atomic mass is 16.2. The first-order valence-corrected chi connectivity index (χ1v) is 5.52. The Morgan fingerprint density at radius 3 is 2.79 bits per heavy atom. The minimum Gasteiger partial charge on any atom is -0.396 e. The molecule has 1 heteroatoms. The van der Waals surface area contributed by atoms with Crippen molar-refractivity contribution < 1.29 is 5.11 Å². The van der Waals surface area contributed by atoms with Crippen LogP contribution >= 0.6 is 0 Å². The van der Waals surface area contributed by atoms with Crippen LogP contribution in [0.25, 0.3) is 0 Å². The first-order valence-electron chi connectivity index (χ1n) is 5.52. The number of hydrogen-bond acceptors (Lipinski definition) is 1. The Bertz CT molecular complexity index is 236. The number of hydrogen-bond donors (Lipinski definition) is 1. The van der Waals surface area contributed by atoms with Crippen molar-refractivity contribution in [2.75, 3.05) is 6.61 Å². The second kappa shape index (κ2) is 4.79. The van der Waals surface area contributed by atoms with E-state index < -0.39 is 0 Å². The highest BCUT2D eigenvalue weighted by Crippen LogP contribution is 2.38. The third-order valence-electron chi connectivity index (χ3n) is 3.13. The van der Waals surface area contributed by atoms with Crippen LogP contribution in [0.15, 0.2) is 23.8 Å². The fourth-order valence-corrected chi connectivity index (χ4v) is 2.07. The van der Waals surface area contributed by atoms with E-state index in [2.05, 4.69) is 39.0 Å². The van der Waals surface area contributed by atoms with E-state index >= 15 is 0 Å². The van der Waals surface area contributed by atoms with Gasteiger partial charge in [0.1, 0.15) is 0 Å². The van der Waals surface area contributed by atoms with Gasteiger partial charge in [-0.25, -0.2) is 0 Å². The predicted octanol–water partition coefficient (Wildman–Crippen LogP) is 3.31. The fraction of sp³-hybridized carbons (Fsp3) is 0.692. The number of rotatable bonds is 4. The molecule has 0 amide bonds. The molecule has 0 saturated heterocycles. The molecule has 1 aliphatic rings. The molecule has 80 valence electrons. The molecule has 0 radical (unpaired) electrons. The number of aliphatic hydroxyl groups is 1. The van der Waals surface area contributed by atoms with E-state index in [-0.39, 0.29) is 12.0 Å². The van der Waals surface area contributed by atoms with Gasteiger partial charge in [0.15, 0.2) is 0 Å². The van der Waals surface area contributed by atoms with Crippen molar-refractivity contribution in [1.29, 1.82) is 0 Å². The minimum absolute atomic E-state index is 0.243. The average molecular weight is 194 g/mol. The summed E-state index contributed by atoms with van der Waals surface area (Å²) in [7, 11) is 0. The van der Waals surface area contributed by atoms with E-state index in [0.29, 0.717) is 5.92 Å². The predicted molar refractivity (Wildman–Crippen MR) is 61.1 cm³/mol. The molecule has 14 heavy (non-hydrogen) atoms. The zero-order valence-corrected chi connectivity index (χ0v) is 9.59. The summed E-state index contributed by atoms with van der Waals surface area (Å²) in [4.78, 5) is 0. The molecule has 1 rings (SSSR count). The molecule has 0 saturated carbocycles. The molecular formula is C13H22O. The van der Waals surface area contributed by atoms with Gasteiger partial charge in [0, 0.05) is 6.61 Å². The summed E-state index contributed by atoms with van der Waals surface area (Å²) >= 11 is 0. The standard InChI is InChI=1S/C13H22O/c1-11-6-7-12(10-11)13(2,3)8-4-5-9-14/h4,8,10,12,14H,5-7,9H2,1-3H3/b8-4-/t12-/m1/s1. The van der Waals surface area contributed by atoms with E-state index in [1.165, 1.54) is 18.4 Å². The molecular weight excluding hydrogens is 172 g/mol. The smallest absolute Gasteiger partial charge is 0.0465 e. The fourth-order valence-electron chi connectivity index (χ4n) is 2.07. The molecule has 0 aromatic carbocycles. The van der Waals surface area contributed by atoms with Crippen molar-refractivity contribution in [1.82, 2.24) is 0 Å². The third kappa shape index (κ3) is 2.98. The van der Waals surface area contributed by atoms with Gasteiger partial charge in [0.05, 0.1) is 0 Å². The van der Waals surface area contributed by atoms with Gasteiger partial charge < -0.3 is 5.11 Å². The van der Waals surface area contributed by atoms with Crippen molar-refractivity contribution in [2.24, 2.45) is 11.3 Å². The maximum Gasteiger partial charge on any atom is 0.0465 e. The van der Waals surface area contributed by atoms with Crippen LogP contribution in [0.3, 0.4) is 0 Å². The topological polar surface area (TPSA) is 20.2 Å². The van der Waals surface area contributed by atoms with Crippen LogP contribution in [0, 0.1) is 11.3 Å². The van der Waals surface area contributed by atoms with Gasteiger partial charge in [-0.3, -0.25) is 0 Å². The van der Waals surface area contributed by atoms with Gasteiger partial charge in [0.2, 0.25) is 0 Å². The average Bonchev–Trinajstić information content (AvgIpc) is 2.53. The van der Waals surface area contributed by atoms with E-state index in [1.54, 1.807) is 0 Å². The lowest BCUT2D eigenvalue weighted by atomic mass is 9.78. The molecule has 0 unspecified atom stereocenters. The molecule has 1 aliphatic carbocycles. The number of allylic oxidation sites excluding steroid dienone is 3. The zero-order chi connectivity index (χ0) is 10.6. The lowest BCUT2D eigenvalue weighted by Crippen LogP contribution is -2.17. The Morgan fingerprint density at radius 2 is 2.29 bits per heavy atom. The van der Waals surface area contributed by atoms with Crippen LogP contribution in [-0.4, -0.2) is 11.7 Å². The van der Waals surface area contributed by atoms with Crippen molar-refractivity contribution in [2.45, 2.75) is 40.0 Å². The Morgan fingerprint density at radius 1 is 1.57 bits per heavy atom. The van der Waals surface area contributed by atoms with E-state index in [0.717, 1.165) is 6.42 Å². The van der Waals surface area contributed by atoms with Crippen LogP contribution in [0.4, 0.5) is 0 Å². The summed E-state index contributed by atoms with van der Waals surface area (Å²) in [6, 6.07) is 0. The van der Waals surface area contributed by atoms with Gasteiger partial charge in [-0.05, 0) is 37.5 Å². The molecule has 1 nitrogen and oxygen atoms in total. The minimum atomic E-state index is 0.243. The quantitative estimate of drug-likeness (QED) is 0.681. The van der Waals surface area contributed by atoms with Gasteiger partial charge >= 0.3 is 0 Å². The van der Waals surface area contributed by atoms with Gasteiger partial charge in [0.25, 0.3) is 0 Å². The largest absolute Gasteiger partial charge is 0.396 e. The van der Waals surface area contributed by atoms with Crippen LogP contribution in [0.1, 0.15) is 40.0 Å². The summed E-state index contributed by atoms with van der Waals surface area (Å²) in [5.74, 6) is 0.678. The highest BCUT2D eigenvalue weighted by Gasteiger charge is 2.27. The van der Waals surface area contributed by atoms with Gasteiger partial charge in [-0.2, -0.15) is 0 Å². The van der Waals surface area contributed by atoms with Crippen LogP contribution in [-0.2, 0) is 0 Å². The molecule has 1 N–H and O–H groups in total. The third-order valence-corrected chi connectivity index (χ3v) is 3.13. The number of aliphatic hydroxyl groups excluding tert-OH is 1. The van der Waals surface area contributed by atoms with Gasteiger partial charge in [-0.15, -0.1) is 0 Å². The van der Waals surface area contributed by atoms with Crippen LogP contribution < -0.4 is 0 Å². The molecule has 1 atom stereocenters. The molecule has 0 spiro atoms. The summed E-state index contributed by atoms with van der Waals surface area (Å²) in [6.07, 6.45) is 10.1. The lowest BCUT2D eigenvalue weighted by molar-refractivity contribution is 0.300. The molecule has 0 bridgehead atoms. The zero-order valence-electron chi connectivity index (χ0n) is 9.59. The Labute approximate surface area is 87.5 Å². The monoisotopic (exact) mass is 194 g/mol. The van der Waals surface area contributed by atoms with Crippen LogP contribution in [0.2, 0.25) is 0 Å². The lowest BCUT2D eigenvalue weighted by Gasteiger charge is -2.27. The van der Waals surface area contributed by atoms with Crippen LogP contribution in [0.5, 0.6) is 0 Å². The maximum atomic E-state index is 8.71. The van der Waals surface area contributed by atoms with Crippen molar-refractivity contribution in [3.05, 3.63) is 23.8 Å². The summed E-state index contributed by atoms with van der Waals surface area (Å²) in [5.41, 5.74) is 1.77. The summed E-state index contributed by atoms with van der Waals surface area (Å²) in [6.45, 7) is 7.03. The Kier molecular flexibility index (Phi) is 3.94. The van der Waals surface area contributed by atoms with E-state index in [9.17, 15) is 0 Å². The molecule has 0 aromatic rings. The first-order chi connectivity index (χ1) is 6.56. The summed E-state index contributed by atoms with van der Waals surface area (Å²) < 4.78 is 0. The van der Waals surface area contributed by atoms with Crippen molar-refractivity contribution in [3.63, 3.8) is 0 Å². The normalized spacial score (nSPS) is 23.1. The van der Waals surface area contributed by atoms with Gasteiger partial charge in [-0.1, -0.05) is 37.6 Å². The molecule has 0 aliphatic heterocycles. The van der Waals surface area contributed by atoms with Crippen molar-refractivity contribution >= 4 is 0 Å².